The van der Waals surface area contributed by atoms with E-state index in [0.717, 1.165) is 19.5 Å². The van der Waals surface area contributed by atoms with E-state index in [9.17, 15) is 4.79 Å². The molecule has 0 saturated heterocycles. The molecule has 3 heteroatoms. The van der Waals surface area contributed by atoms with E-state index in [1.165, 1.54) is 24.0 Å². The normalized spacial score (nSPS) is 10.7. The molecule has 1 amide bonds. The second-order valence-corrected chi connectivity index (χ2v) is 5.16. The first-order valence-electron chi connectivity index (χ1n) is 7.13. The van der Waals surface area contributed by atoms with Gasteiger partial charge in [-0.2, -0.15) is 0 Å². The van der Waals surface area contributed by atoms with Gasteiger partial charge in [0.25, 0.3) is 0 Å². The summed E-state index contributed by atoms with van der Waals surface area (Å²) in [7, 11) is 1.98. The van der Waals surface area contributed by atoms with Crippen molar-refractivity contribution in [3.63, 3.8) is 0 Å². The summed E-state index contributed by atoms with van der Waals surface area (Å²) in [6.07, 6.45) is 3.44. The second kappa shape index (κ2) is 8.70. The van der Waals surface area contributed by atoms with Crippen LogP contribution in [0, 0.1) is 6.92 Å². The lowest BCUT2D eigenvalue weighted by atomic mass is 10.1. The molecule has 0 unspecified atom stereocenters. The van der Waals surface area contributed by atoms with Crippen LogP contribution in [0.1, 0.15) is 37.3 Å². The van der Waals surface area contributed by atoms with Crippen molar-refractivity contribution in [1.29, 1.82) is 0 Å². The van der Waals surface area contributed by atoms with Crippen molar-refractivity contribution in [2.45, 2.75) is 39.7 Å². The van der Waals surface area contributed by atoms with E-state index in [4.69, 9.17) is 0 Å². The Labute approximate surface area is 117 Å². The van der Waals surface area contributed by atoms with Gasteiger partial charge in [-0.1, -0.05) is 44.0 Å². The quantitative estimate of drug-likeness (QED) is 0.731. The smallest absolute Gasteiger partial charge is 0.234 e. The Kier molecular flexibility index (Phi) is 7.19. The van der Waals surface area contributed by atoms with Gasteiger partial charge in [-0.25, -0.2) is 0 Å². The molecule has 19 heavy (non-hydrogen) atoms. The van der Waals surface area contributed by atoms with Crippen LogP contribution in [0.4, 0.5) is 0 Å². The number of carbonyl (C=O) groups is 1. The zero-order valence-corrected chi connectivity index (χ0v) is 12.4. The number of carbonyl (C=O) groups excluding carboxylic acids is 1. The van der Waals surface area contributed by atoms with Crippen LogP contribution in [0.2, 0.25) is 0 Å². The Morgan fingerprint density at radius 2 is 2.00 bits per heavy atom. The summed E-state index contributed by atoms with van der Waals surface area (Å²) < 4.78 is 0. The number of hydrogen-bond donors (Lipinski definition) is 1. The van der Waals surface area contributed by atoms with Gasteiger partial charge >= 0.3 is 0 Å². The summed E-state index contributed by atoms with van der Waals surface area (Å²) in [5, 5.41) is 2.97. The van der Waals surface area contributed by atoms with E-state index in [2.05, 4.69) is 36.2 Å². The zero-order valence-electron chi connectivity index (χ0n) is 12.4. The van der Waals surface area contributed by atoms with Crippen molar-refractivity contribution in [3.05, 3.63) is 35.4 Å². The third-order valence-electron chi connectivity index (χ3n) is 3.22. The fourth-order valence-corrected chi connectivity index (χ4v) is 2.04. The minimum Gasteiger partial charge on any atom is -0.355 e. The average molecular weight is 262 g/mol. The van der Waals surface area contributed by atoms with Crippen LogP contribution >= 0.6 is 0 Å². The van der Waals surface area contributed by atoms with Gasteiger partial charge in [0.2, 0.25) is 5.91 Å². The van der Waals surface area contributed by atoms with Crippen molar-refractivity contribution in [2.24, 2.45) is 0 Å². The topological polar surface area (TPSA) is 32.3 Å². The number of hydrogen-bond acceptors (Lipinski definition) is 2. The van der Waals surface area contributed by atoms with Crippen molar-refractivity contribution < 1.29 is 4.79 Å². The minimum absolute atomic E-state index is 0.118. The second-order valence-electron chi connectivity index (χ2n) is 5.16. The maximum atomic E-state index is 11.7. The van der Waals surface area contributed by atoms with E-state index in [1.54, 1.807) is 0 Å². The van der Waals surface area contributed by atoms with Gasteiger partial charge in [-0.3, -0.25) is 9.69 Å². The van der Waals surface area contributed by atoms with Gasteiger partial charge in [-0.15, -0.1) is 0 Å². The number of nitrogens with zero attached hydrogens (tertiary/aromatic N) is 1. The average Bonchev–Trinajstić information content (AvgIpc) is 2.37. The number of aryl methyl sites for hydroxylation is 1. The van der Waals surface area contributed by atoms with E-state index >= 15 is 0 Å². The number of rotatable bonds is 8. The van der Waals surface area contributed by atoms with E-state index < -0.39 is 0 Å². The molecule has 0 atom stereocenters. The summed E-state index contributed by atoms with van der Waals surface area (Å²) in [4.78, 5) is 13.8. The molecule has 0 aliphatic heterocycles. The summed E-state index contributed by atoms with van der Waals surface area (Å²) in [5.41, 5.74) is 2.56. The molecule has 106 valence electrons. The van der Waals surface area contributed by atoms with Crippen molar-refractivity contribution in [3.8, 4) is 0 Å². The molecule has 1 aromatic rings. The number of benzene rings is 1. The first-order chi connectivity index (χ1) is 9.13. The van der Waals surface area contributed by atoms with Crippen molar-refractivity contribution in [1.82, 2.24) is 10.2 Å². The SMILES string of the molecule is CCCCCNC(=O)CN(C)Cc1ccccc1C. The lowest BCUT2D eigenvalue weighted by Gasteiger charge is -2.17. The molecular formula is C16H26N2O. The van der Waals surface area contributed by atoms with Gasteiger partial charge < -0.3 is 5.32 Å². The monoisotopic (exact) mass is 262 g/mol. The molecular weight excluding hydrogens is 236 g/mol. The molecule has 0 aromatic heterocycles. The molecule has 0 aliphatic carbocycles. The largest absolute Gasteiger partial charge is 0.355 e. The zero-order chi connectivity index (χ0) is 14.1. The van der Waals surface area contributed by atoms with Gasteiger partial charge in [0.15, 0.2) is 0 Å². The number of likely N-dealkylation sites (N-methyl/N-ethyl adjacent to an activating group) is 1. The first kappa shape index (κ1) is 15.7. The summed E-state index contributed by atoms with van der Waals surface area (Å²) >= 11 is 0. The maximum Gasteiger partial charge on any atom is 0.234 e. The fraction of sp³-hybridized carbons (Fsp3) is 0.562. The standard InChI is InChI=1S/C16H26N2O/c1-4-5-8-11-17-16(19)13-18(3)12-15-10-7-6-9-14(15)2/h6-7,9-10H,4-5,8,11-13H2,1-3H3,(H,17,19). The van der Waals surface area contributed by atoms with Gasteiger partial charge in [-0.05, 0) is 31.5 Å². The van der Waals surface area contributed by atoms with Crippen molar-refractivity contribution in [2.75, 3.05) is 20.1 Å². The Morgan fingerprint density at radius 1 is 1.26 bits per heavy atom. The third kappa shape index (κ3) is 6.39. The van der Waals surface area contributed by atoms with Crippen molar-refractivity contribution >= 4 is 5.91 Å². The molecule has 1 rings (SSSR count). The van der Waals surface area contributed by atoms with E-state index in [1.807, 2.05) is 19.2 Å². The molecule has 0 aliphatic rings. The molecule has 1 N–H and O–H groups in total. The van der Waals surface area contributed by atoms with Crippen LogP contribution in [0.5, 0.6) is 0 Å². The lowest BCUT2D eigenvalue weighted by Crippen LogP contribution is -2.35. The third-order valence-corrected chi connectivity index (χ3v) is 3.22. The molecule has 0 bridgehead atoms. The summed E-state index contributed by atoms with van der Waals surface area (Å²) in [6.45, 7) is 6.34. The van der Waals surface area contributed by atoms with Gasteiger partial charge in [0, 0.05) is 13.1 Å². The Morgan fingerprint density at radius 3 is 2.68 bits per heavy atom. The number of unbranched alkanes of at least 4 members (excludes halogenated alkanes) is 2. The Balaban J connectivity index is 2.29. The molecule has 0 saturated carbocycles. The number of amides is 1. The Bertz CT molecular complexity index is 390. The molecule has 0 heterocycles. The van der Waals surface area contributed by atoms with E-state index in [0.29, 0.717) is 6.54 Å². The highest BCUT2D eigenvalue weighted by molar-refractivity contribution is 5.77. The Hall–Kier alpha value is -1.35. The molecule has 0 fully saturated rings. The van der Waals surface area contributed by atoms with Gasteiger partial charge in [0.1, 0.15) is 0 Å². The van der Waals surface area contributed by atoms with E-state index in [-0.39, 0.29) is 5.91 Å². The predicted molar refractivity (Wildman–Crippen MR) is 80.0 cm³/mol. The summed E-state index contributed by atoms with van der Waals surface area (Å²) in [5.74, 6) is 0.118. The highest BCUT2D eigenvalue weighted by Gasteiger charge is 2.07. The molecule has 0 spiro atoms. The van der Waals surface area contributed by atoms with Crippen LogP contribution in [0.15, 0.2) is 24.3 Å². The van der Waals surface area contributed by atoms with Gasteiger partial charge in [0.05, 0.1) is 6.54 Å². The van der Waals surface area contributed by atoms with Crippen LogP contribution in [-0.4, -0.2) is 30.9 Å². The highest BCUT2D eigenvalue weighted by atomic mass is 16.2. The summed E-state index contributed by atoms with van der Waals surface area (Å²) in [6, 6.07) is 8.30. The van der Waals surface area contributed by atoms with Crippen LogP contribution < -0.4 is 5.32 Å². The molecule has 3 nitrogen and oxygen atoms in total. The van der Waals surface area contributed by atoms with Crippen LogP contribution in [-0.2, 0) is 11.3 Å². The van der Waals surface area contributed by atoms with Crippen LogP contribution in [0.25, 0.3) is 0 Å². The maximum absolute atomic E-state index is 11.7. The highest BCUT2D eigenvalue weighted by Crippen LogP contribution is 2.08. The first-order valence-corrected chi connectivity index (χ1v) is 7.13. The fourth-order valence-electron chi connectivity index (χ4n) is 2.04. The predicted octanol–water partition coefficient (Wildman–Crippen LogP) is 2.73. The molecule has 0 radical (unpaired) electrons. The molecule has 1 aromatic carbocycles. The lowest BCUT2D eigenvalue weighted by molar-refractivity contribution is -0.122. The number of nitrogens with one attached hydrogen (secondary N) is 1. The minimum atomic E-state index is 0.118. The van der Waals surface area contributed by atoms with Crippen LogP contribution in [0.3, 0.4) is 0 Å².